The van der Waals surface area contributed by atoms with Gasteiger partial charge >= 0.3 is 0 Å². The first-order valence-corrected chi connectivity index (χ1v) is 8.27. The summed E-state index contributed by atoms with van der Waals surface area (Å²) in [7, 11) is 0. The predicted molar refractivity (Wildman–Crippen MR) is 90.0 cm³/mol. The fourth-order valence-electron chi connectivity index (χ4n) is 2.70. The number of pyridine rings is 1. The minimum atomic E-state index is -0.0327. The largest absolute Gasteiger partial charge is 0.337 e. The summed E-state index contributed by atoms with van der Waals surface area (Å²) < 4.78 is 1.71. The van der Waals surface area contributed by atoms with Crippen molar-refractivity contribution in [3.8, 4) is 5.82 Å². The maximum Gasteiger partial charge on any atom is 0.274 e. The smallest absolute Gasteiger partial charge is 0.274 e. The third-order valence-corrected chi connectivity index (χ3v) is 3.97. The second kappa shape index (κ2) is 7.25. The first-order valence-electron chi connectivity index (χ1n) is 8.27. The zero-order chi connectivity index (χ0) is 16.9. The van der Waals surface area contributed by atoms with E-state index in [0.29, 0.717) is 23.6 Å². The van der Waals surface area contributed by atoms with Gasteiger partial charge in [-0.05, 0) is 31.4 Å². The number of nitrogens with zero attached hydrogens (tertiary/aromatic N) is 4. The molecule has 3 rings (SSSR count). The molecule has 1 aliphatic heterocycles. The van der Waals surface area contributed by atoms with E-state index < -0.39 is 0 Å². The molecule has 2 amide bonds. The van der Waals surface area contributed by atoms with Crippen molar-refractivity contribution in [1.82, 2.24) is 19.4 Å². The molecule has 2 aromatic rings. The molecule has 0 saturated carbocycles. The summed E-state index contributed by atoms with van der Waals surface area (Å²) in [6.45, 7) is 3.56. The van der Waals surface area contributed by atoms with E-state index in [0.717, 1.165) is 32.4 Å². The van der Waals surface area contributed by atoms with Gasteiger partial charge in [0.2, 0.25) is 5.91 Å². The molecule has 1 saturated heterocycles. The summed E-state index contributed by atoms with van der Waals surface area (Å²) in [5.74, 6) is 0.597. The van der Waals surface area contributed by atoms with Crippen LogP contribution in [0.3, 0.4) is 0 Å². The van der Waals surface area contributed by atoms with Crippen LogP contribution in [0.1, 0.15) is 43.1 Å². The monoisotopic (exact) mass is 327 g/mol. The summed E-state index contributed by atoms with van der Waals surface area (Å²) in [6.07, 6.45) is 8.29. The van der Waals surface area contributed by atoms with Crippen molar-refractivity contribution >= 4 is 17.5 Å². The molecule has 0 spiro atoms. The molecule has 126 valence electrons. The highest BCUT2D eigenvalue weighted by molar-refractivity contribution is 5.92. The van der Waals surface area contributed by atoms with Crippen LogP contribution in [0.2, 0.25) is 0 Å². The number of rotatable bonds is 5. The number of anilines is 1. The Kier molecular flexibility index (Phi) is 4.88. The van der Waals surface area contributed by atoms with Crippen LogP contribution < -0.4 is 5.32 Å². The van der Waals surface area contributed by atoms with E-state index in [1.807, 2.05) is 11.8 Å². The molecule has 0 aromatic carbocycles. The Morgan fingerprint density at radius 2 is 2.00 bits per heavy atom. The molecule has 0 unspecified atom stereocenters. The summed E-state index contributed by atoms with van der Waals surface area (Å²) >= 11 is 0. The van der Waals surface area contributed by atoms with Gasteiger partial charge in [-0.1, -0.05) is 6.92 Å². The van der Waals surface area contributed by atoms with Crippen LogP contribution in [0, 0.1) is 0 Å². The van der Waals surface area contributed by atoms with Gasteiger partial charge in [-0.3, -0.25) is 14.2 Å². The van der Waals surface area contributed by atoms with E-state index in [4.69, 9.17) is 0 Å². The highest BCUT2D eigenvalue weighted by Gasteiger charge is 2.21. The number of aromatic nitrogens is 3. The van der Waals surface area contributed by atoms with E-state index in [2.05, 4.69) is 15.3 Å². The highest BCUT2D eigenvalue weighted by Crippen LogP contribution is 2.14. The first-order chi connectivity index (χ1) is 11.7. The third kappa shape index (κ3) is 3.61. The van der Waals surface area contributed by atoms with Gasteiger partial charge in [-0.2, -0.15) is 0 Å². The van der Waals surface area contributed by atoms with Crippen molar-refractivity contribution in [2.45, 2.75) is 32.6 Å². The molecule has 3 heterocycles. The molecule has 0 radical (unpaired) electrons. The van der Waals surface area contributed by atoms with Crippen molar-refractivity contribution < 1.29 is 9.59 Å². The molecule has 1 fully saturated rings. The molecule has 24 heavy (non-hydrogen) atoms. The van der Waals surface area contributed by atoms with Gasteiger partial charge in [0.05, 0.1) is 11.9 Å². The van der Waals surface area contributed by atoms with E-state index in [9.17, 15) is 9.59 Å². The second-order valence-electron chi connectivity index (χ2n) is 5.87. The van der Waals surface area contributed by atoms with Gasteiger partial charge in [0, 0.05) is 25.7 Å². The number of nitrogens with one attached hydrogen (secondary N) is 1. The van der Waals surface area contributed by atoms with Crippen LogP contribution in [0.5, 0.6) is 0 Å². The average Bonchev–Trinajstić information content (AvgIpc) is 3.27. The number of hydrogen-bond acceptors (Lipinski definition) is 4. The number of likely N-dealkylation sites (tertiary alicyclic amines) is 1. The molecular formula is C17H21N5O2. The van der Waals surface area contributed by atoms with Gasteiger partial charge in [-0.15, -0.1) is 0 Å². The topological polar surface area (TPSA) is 80.1 Å². The van der Waals surface area contributed by atoms with Gasteiger partial charge < -0.3 is 10.2 Å². The Morgan fingerprint density at radius 1 is 1.21 bits per heavy atom. The van der Waals surface area contributed by atoms with E-state index in [1.165, 1.54) is 0 Å². The number of amides is 2. The van der Waals surface area contributed by atoms with E-state index in [-0.39, 0.29) is 11.8 Å². The summed E-state index contributed by atoms with van der Waals surface area (Å²) in [4.78, 5) is 34.2. The molecule has 1 N–H and O–H groups in total. The highest BCUT2D eigenvalue weighted by atomic mass is 16.2. The number of carbonyl (C=O) groups is 2. The third-order valence-electron chi connectivity index (χ3n) is 3.97. The lowest BCUT2D eigenvalue weighted by molar-refractivity contribution is -0.116. The normalized spacial score (nSPS) is 14.0. The lowest BCUT2D eigenvalue weighted by Gasteiger charge is -2.12. The molecule has 0 bridgehead atoms. The van der Waals surface area contributed by atoms with Gasteiger partial charge in [-0.25, -0.2) is 9.97 Å². The van der Waals surface area contributed by atoms with Gasteiger partial charge in [0.25, 0.3) is 5.91 Å². The second-order valence-corrected chi connectivity index (χ2v) is 5.87. The molecule has 0 atom stereocenters. The van der Waals surface area contributed by atoms with Gasteiger partial charge in [0.1, 0.15) is 17.8 Å². The summed E-state index contributed by atoms with van der Waals surface area (Å²) in [6, 6.07) is 3.57. The quantitative estimate of drug-likeness (QED) is 0.913. The van der Waals surface area contributed by atoms with Crippen LogP contribution in [-0.4, -0.2) is 44.3 Å². The Balaban J connectivity index is 1.68. The standard InChI is InChI=1S/C17H21N5O2/c1-2-5-16(23)20-13-6-7-15(18-10-13)22-11-14(19-12-22)17(24)21-8-3-4-9-21/h6-7,10-12H,2-5,8-9H2,1H3,(H,20,23). The van der Waals surface area contributed by atoms with Crippen LogP contribution in [0.25, 0.3) is 5.82 Å². The zero-order valence-corrected chi connectivity index (χ0v) is 13.7. The maximum absolute atomic E-state index is 12.3. The zero-order valence-electron chi connectivity index (χ0n) is 13.7. The van der Waals surface area contributed by atoms with Gasteiger partial charge in [0.15, 0.2) is 0 Å². The molecule has 7 nitrogen and oxygen atoms in total. The Hall–Kier alpha value is -2.70. The molecule has 2 aromatic heterocycles. The molecule has 0 aliphatic carbocycles. The SMILES string of the molecule is CCCC(=O)Nc1ccc(-n2cnc(C(=O)N3CCCC3)c2)nc1. The number of hydrogen-bond donors (Lipinski definition) is 1. The lowest BCUT2D eigenvalue weighted by Crippen LogP contribution is -2.27. The summed E-state index contributed by atoms with van der Waals surface area (Å²) in [5, 5.41) is 2.79. The van der Waals surface area contributed by atoms with E-state index >= 15 is 0 Å². The van der Waals surface area contributed by atoms with Crippen LogP contribution >= 0.6 is 0 Å². The summed E-state index contributed by atoms with van der Waals surface area (Å²) in [5.41, 5.74) is 1.09. The fraction of sp³-hybridized carbons (Fsp3) is 0.412. The Bertz CT molecular complexity index is 717. The van der Waals surface area contributed by atoms with E-state index in [1.54, 1.807) is 35.4 Å². The number of carbonyl (C=O) groups excluding carboxylic acids is 2. The van der Waals surface area contributed by atoms with Crippen molar-refractivity contribution in [3.05, 3.63) is 36.5 Å². The minimum Gasteiger partial charge on any atom is -0.337 e. The minimum absolute atomic E-state index is 0.0202. The first kappa shape index (κ1) is 16.2. The fourth-order valence-corrected chi connectivity index (χ4v) is 2.70. The molecular weight excluding hydrogens is 306 g/mol. The Morgan fingerprint density at radius 3 is 2.67 bits per heavy atom. The Labute approximate surface area is 140 Å². The van der Waals surface area contributed by atoms with Crippen LogP contribution in [0.15, 0.2) is 30.9 Å². The van der Waals surface area contributed by atoms with Crippen molar-refractivity contribution in [2.24, 2.45) is 0 Å². The van der Waals surface area contributed by atoms with Crippen LogP contribution in [-0.2, 0) is 4.79 Å². The average molecular weight is 327 g/mol. The maximum atomic E-state index is 12.3. The number of imidazole rings is 1. The van der Waals surface area contributed by atoms with Crippen molar-refractivity contribution in [1.29, 1.82) is 0 Å². The lowest BCUT2D eigenvalue weighted by atomic mass is 10.3. The molecule has 7 heteroatoms. The van der Waals surface area contributed by atoms with Crippen molar-refractivity contribution in [3.63, 3.8) is 0 Å². The molecule has 1 aliphatic rings. The predicted octanol–water partition coefficient (Wildman–Crippen LogP) is 2.24. The van der Waals surface area contributed by atoms with Crippen molar-refractivity contribution in [2.75, 3.05) is 18.4 Å². The van der Waals surface area contributed by atoms with Crippen LogP contribution in [0.4, 0.5) is 5.69 Å².